The van der Waals surface area contributed by atoms with Gasteiger partial charge < -0.3 is 9.67 Å². The minimum atomic E-state index is -0.882. The quantitative estimate of drug-likeness (QED) is 0.779. The molecule has 0 aliphatic rings. The van der Waals surface area contributed by atoms with Crippen molar-refractivity contribution in [2.24, 2.45) is 0 Å². The highest BCUT2D eigenvalue weighted by molar-refractivity contribution is 7.98. The first-order valence-electron chi connectivity index (χ1n) is 5.52. The number of imidazole rings is 1. The van der Waals surface area contributed by atoms with Gasteiger partial charge in [0.2, 0.25) is 0 Å². The molecule has 0 fully saturated rings. The van der Waals surface area contributed by atoms with E-state index >= 15 is 0 Å². The molecule has 0 atom stereocenters. The van der Waals surface area contributed by atoms with Crippen LogP contribution < -0.4 is 0 Å². The zero-order valence-electron chi connectivity index (χ0n) is 9.99. The van der Waals surface area contributed by atoms with Crippen molar-refractivity contribution in [3.8, 4) is 0 Å². The number of aromatic carboxylic acids is 1. The highest BCUT2D eigenvalue weighted by Crippen LogP contribution is 2.22. The second-order valence-electron chi connectivity index (χ2n) is 3.55. The number of nitrogens with zero attached hydrogens (tertiary/aromatic N) is 2. The Balaban J connectivity index is 3.17. The lowest BCUT2D eigenvalue weighted by Gasteiger charge is -2.07. The molecule has 1 aromatic rings. The number of aromatic nitrogens is 2. The second-order valence-corrected chi connectivity index (χ2v) is 4.34. The summed E-state index contributed by atoms with van der Waals surface area (Å²) in [6, 6.07) is 0. The van der Waals surface area contributed by atoms with Gasteiger partial charge in [-0.05, 0) is 12.7 Å². The van der Waals surface area contributed by atoms with Crippen LogP contribution >= 0.6 is 11.8 Å². The summed E-state index contributed by atoms with van der Waals surface area (Å²) in [5.74, 6) is -0.0112. The topological polar surface area (TPSA) is 55.1 Å². The van der Waals surface area contributed by atoms with E-state index in [1.807, 2.05) is 17.7 Å². The van der Waals surface area contributed by atoms with Crippen LogP contribution in [0.3, 0.4) is 0 Å². The monoisotopic (exact) mass is 242 g/mol. The van der Waals surface area contributed by atoms with E-state index in [0.29, 0.717) is 10.7 Å². The Hall–Kier alpha value is -0.970. The van der Waals surface area contributed by atoms with E-state index in [4.69, 9.17) is 0 Å². The van der Waals surface area contributed by atoms with Gasteiger partial charge in [0.25, 0.3) is 0 Å². The van der Waals surface area contributed by atoms with Gasteiger partial charge in [-0.1, -0.05) is 20.3 Å². The summed E-state index contributed by atoms with van der Waals surface area (Å²) in [4.78, 5) is 15.6. The Morgan fingerprint density at radius 2 is 2.19 bits per heavy atom. The Morgan fingerprint density at radius 1 is 1.50 bits per heavy atom. The Bertz CT molecular complexity index is 374. The maximum Gasteiger partial charge on any atom is 0.355 e. The fourth-order valence-corrected chi connectivity index (χ4v) is 2.24. The van der Waals surface area contributed by atoms with Gasteiger partial charge in [0.15, 0.2) is 5.69 Å². The van der Waals surface area contributed by atoms with Gasteiger partial charge in [-0.15, -0.1) is 11.8 Å². The Morgan fingerprint density at radius 3 is 2.62 bits per heavy atom. The van der Waals surface area contributed by atoms with E-state index in [1.165, 1.54) is 11.8 Å². The lowest BCUT2D eigenvalue weighted by atomic mass is 10.3. The van der Waals surface area contributed by atoms with Crippen molar-refractivity contribution < 1.29 is 9.90 Å². The van der Waals surface area contributed by atoms with Gasteiger partial charge in [-0.2, -0.15) is 0 Å². The van der Waals surface area contributed by atoms with Crippen molar-refractivity contribution in [1.29, 1.82) is 0 Å². The first kappa shape index (κ1) is 13.1. The lowest BCUT2D eigenvalue weighted by Crippen LogP contribution is -2.11. The molecule has 0 aliphatic heterocycles. The molecule has 4 nitrogen and oxygen atoms in total. The molecular formula is C11H18N2O2S. The molecule has 0 aromatic carbocycles. The van der Waals surface area contributed by atoms with Crippen LogP contribution in [0.1, 0.15) is 43.0 Å². The van der Waals surface area contributed by atoms with Gasteiger partial charge in [0, 0.05) is 13.0 Å². The van der Waals surface area contributed by atoms with E-state index in [-0.39, 0.29) is 0 Å². The summed E-state index contributed by atoms with van der Waals surface area (Å²) >= 11 is 1.39. The SMILES string of the molecule is CCCCn1c(CC)nc(SC)c1C(=O)O. The van der Waals surface area contributed by atoms with Crippen LogP contribution in [0.4, 0.5) is 0 Å². The van der Waals surface area contributed by atoms with Gasteiger partial charge >= 0.3 is 5.97 Å². The minimum absolute atomic E-state index is 0.345. The van der Waals surface area contributed by atoms with Crippen LogP contribution in [0.2, 0.25) is 0 Å². The van der Waals surface area contributed by atoms with Crippen LogP contribution in [0, 0.1) is 0 Å². The molecule has 0 spiro atoms. The minimum Gasteiger partial charge on any atom is -0.476 e. The third kappa shape index (κ3) is 2.58. The van der Waals surface area contributed by atoms with Crippen molar-refractivity contribution in [1.82, 2.24) is 9.55 Å². The standard InChI is InChI=1S/C11H18N2O2S/c1-4-6-7-13-8(5-2)12-10(16-3)9(13)11(14)15/h4-7H2,1-3H3,(H,14,15). The van der Waals surface area contributed by atoms with Crippen molar-refractivity contribution in [2.45, 2.75) is 44.7 Å². The number of carbonyl (C=O) groups is 1. The highest BCUT2D eigenvalue weighted by Gasteiger charge is 2.20. The fraction of sp³-hybridized carbons (Fsp3) is 0.636. The number of carboxylic acids is 1. The molecule has 0 amide bonds. The summed E-state index contributed by atoms with van der Waals surface area (Å²) in [6.07, 6.45) is 4.66. The first-order valence-corrected chi connectivity index (χ1v) is 6.74. The van der Waals surface area contributed by atoms with E-state index in [1.54, 1.807) is 0 Å². The average Bonchev–Trinajstić information content (AvgIpc) is 2.63. The molecule has 90 valence electrons. The van der Waals surface area contributed by atoms with E-state index in [9.17, 15) is 9.90 Å². The molecule has 5 heteroatoms. The largest absolute Gasteiger partial charge is 0.476 e. The number of aryl methyl sites for hydroxylation is 1. The average molecular weight is 242 g/mol. The van der Waals surface area contributed by atoms with Crippen molar-refractivity contribution >= 4 is 17.7 Å². The molecule has 0 unspecified atom stereocenters. The number of hydrogen-bond acceptors (Lipinski definition) is 3. The fourth-order valence-electron chi connectivity index (χ4n) is 1.65. The molecule has 0 bridgehead atoms. The number of hydrogen-bond donors (Lipinski definition) is 1. The second kappa shape index (κ2) is 5.94. The van der Waals surface area contributed by atoms with Crippen molar-refractivity contribution in [3.63, 3.8) is 0 Å². The Labute approximate surface area is 100 Å². The Kier molecular flexibility index (Phi) is 4.86. The summed E-state index contributed by atoms with van der Waals surface area (Å²) < 4.78 is 1.84. The zero-order chi connectivity index (χ0) is 12.1. The third-order valence-electron chi connectivity index (χ3n) is 2.46. The van der Waals surface area contributed by atoms with E-state index < -0.39 is 5.97 Å². The predicted octanol–water partition coefficient (Wildman–Crippen LogP) is 2.67. The summed E-state index contributed by atoms with van der Waals surface area (Å²) in [5.41, 5.74) is 0.345. The third-order valence-corrected chi connectivity index (χ3v) is 3.13. The molecule has 1 rings (SSSR count). The first-order chi connectivity index (χ1) is 7.65. The summed E-state index contributed by atoms with van der Waals surface area (Å²) in [7, 11) is 0. The van der Waals surface area contributed by atoms with E-state index in [2.05, 4.69) is 11.9 Å². The van der Waals surface area contributed by atoms with Crippen molar-refractivity contribution in [3.05, 3.63) is 11.5 Å². The van der Waals surface area contributed by atoms with Crippen LogP contribution in [-0.4, -0.2) is 26.9 Å². The molecule has 0 radical (unpaired) electrons. The maximum absolute atomic E-state index is 11.2. The zero-order valence-corrected chi connectivity index (χ0v) is 10.8. The number of thioether (sulfide) groups is 1. The van der Waals surface area contributed by atoms with Gasteiger partial charge in [-0.3, -0.25) is 0 Å². The molecular weight excluding hydrogens is 224 g/mol. The molecule has 1 aromatic heterocycles. The smallest absolute Gasteiger partial charge is 0.355 e. The molecule has 0 aliphatic carbocycles. The molecule has 1 N–H and O–H groups in total. The number of carboxylic acid groups (broad SMARTS) is 1. The van der Waals surface area contributed by atoms with Crippen LogP contribution in [0.15, 0.2) is 5.03 Å². The lowest BCUT2D eigenvalue weighted by molar-refractivity contribution is 0.0680. The molecule has 1 heterocycles. The summed E-state index contributed by atoms with van der Waals surface area (Å²) in [6.45, 7) is 4.84. The van der Waals surface area contributed by atoms with Gasteiger partial charge in [0.1, 0.15) is 10.9 Å². The molecule has 0 saturated carbocycles. The molecule has 16 heavy (non-hydrogen) atoms. The van der Waals surface area contributed by atoms with Crippen molar-refractivity contribution in [2.75, 3.05) is 6.26 Å². The number of rotatable bonds is 6. The van der Waals surface area contributed by atoms with E-state index in [0.717, 1.165) is 31.6 Å². The summed E-state index contributed by atoms with van der Waals surface area (Å²) in [5, 5.41) is 9.84. The predicted molar refractivity (Wildman–Crippen MR) is 65.3 cm³/mol. The number of unbranched alkanes of at least 4 members (excludes halogenated alkanes) is 1. The van der Waals surface area contributed by atoms with Crippen LogP contribution in [-0.2, 0) is 13.0 Å². The highest BCUT2D eigenvalue weighted by atomic mass is 32.2. The van der Waals surface area contributed by atoms with Crippen LogP contribution in [0.5, 0.6) is 0 Å². The van der Waals surface area contributed by atoms with Gasteiger partial charge in [0.05, 0.1) is 0 Å². The molecule has 0 saturated heterocycles. The van der Waals surface area contributed by atoms with Crippen LogP contribution in [0.25, 0.3) is 0 Å². The normalized spacial score (nSPS) is 10.7. The van der Waals surface area contributed by atoms with Gasteiger partial charge in [-0.25, -0.2) is 9.78 Å². The maximum atomic E-state index is 11.2.